The van der Waals surface area contributed by atoms with E-state index >= 15 is 0 Å². The Morgan fingerprint density at radius 2 is 1.77 bits per heavy atom. The average Bonchev–Trinajstić information content (AvgIpc) is 2.74. The van der Waals surface area contributed by atoms with Crippen LogP contribution in [-0.2, 0) is 6.61 Å². The topological polar surface area (TPSA) is 90.7 Å². The summed E-state index contributed by atoms with van der Waals surface area (Å²) < 4.78 is 11.5. The molecule has 0 aliphatic heterocycles. The first-order valence-corrected chi connectivity index (χ1v) is 9.47. The molecule has 7 nitrogen and oxygen atoms in total. The molecule has 0 radical (unpaired) electrons. The van der Waals surface area contributed by atoms with Crippen LogP contribution in [0.3, 0.4) is 0 Å². The Balaban J connectivity index is 1.74. The lowest BCUT2D eigenvalue weighted by Crippen LogP contribution is -2.12. The monoisotopic (exact) mass is 406 g/mol. The van der Waals surface area contributed by atoms with E-state index in [2.05, 4.69) is 5.32 Å². The van der Waals surface area contributed by atoms with E-state index in [4.69, 9.17) is 9.47 Å². The number of ether oxygens (including phenoxy) is 2. The number of non-ortho nitro benzene ring substituents is 1. The summed E-state index contributed by atoms with van der Waals surface area (Å²) in [5.41, 5.74) is 2.80. The zero-order chi connectivity index (χ0) is 21.5. The van der Waals surface area contributed by atoms with Gasteiger partial charge in [0.2, 0.25) is 0 Å². The van der Waals surface area contributed by atoms with Gasteiger partial charge in [-0.05, 0) is 43.7 Å². The SMILES string of the molecule is CCOc1cc(C(=O)Nc2cccc([N+](=O)[O-])c2)ccc1OCc1ccc(C)cc1. The van der Waals surface area contributed by atoms with Crippen molar-refractivity contribution in [2.75, 3.05) is 11.9 Å². The molecule has 0 unspecified atom stereocenters. The Hall–Kier alpha value is -3.87. The smallest absolute Gasteiger partial charge is 0.271 e. The lowest BCUT2D eigenvalue weighted by atomic mass is 10.1. The molecule has 3 aromatic carbocycles. The first-order chi connectivity index (χ1) is 14.5. The molecule has 0 saturated carbocycles. The van der Waals surface area contributed by atoms with E-state index in [0.717, 1.165) is 5.56 Å². The second-order valence-corrected chi connectivity index (χ2v) is 6.63. The van der Waals surface area contributed by atoms with E-state index < -0.39 is 10.8 Å². The zero-order valence-corrected chi connectivity index (χ0v) is 16.8. The molecule has 0 aliphatic rings. The normalized spacial score (nSPS) is 10.3. The highest BCUT2D eigenvalue weighted by Gasteiger charge is 2.14. The quantitative estimate of drug-likeness (QED) is 0.413. The Kier molecular flexibility index (Phi) is 6.64. The van der Waals surface area contributed by atoms with Crippen LogP contribution < -0.4 is 14.8 Å². The van der Waals surface area contributed by atoms with Crippen LogP contribution in [0, 0.1) is 17.0 Å². The van der Waals surface area contributed by atoms with Gasteiger partial charge in [-0.1, -0.05) is 35.9 Å². The average molecular weight is 406 g/mol. The molecule has 0 fully saturated rings. The Labute approximate surface area is 174 Å². The number of carbonyl (C=O) groups excluding carboxylic acids is 1. The van der Waals surface area contributed by atoms with E-state index in [9.17, 15) is 14.9 Å². The van der Waals surface area contributed by atoms with E-state index in [1.807, 2.05) is 38.1 Å². The summed E-state index contributed by atoms with van der Waals surface area (Å²) in [7, 11) is 0. The van der Waals surface area contributed by atoms with E-state index in [1.165, 1.54) is 23.8 Å². The van der Waals surface area contributed by atoms with Crippen molar-refractivity contribution in [2.45, 2.75) is 20.5 Å². The zero-order valence-electron chi connectivity index (χ0n) is 16.8. The second-order valence-electron chi connectivity index (χ2n) is 6.63. The highest BCUT2D eigenvalue weighted by atomic mass is 16.6. The molecule has 0 aromatic heterocycles. The van der Waals surface area contributed by atoms with Crippen molar-refractivity contribution in [2.24, 2.45) is 0 Å². The molecule has 3 rings (SSSR count). The summed E-state index contributed by atoms with van der Waals surface area (Å²) in [6.45, 7) is 4.66. The number of anilines is 1. The molecule has 0 heterocycles. The molecule has 0 spiro atoms. The minimum atomic E-state index is -0.511. The maximum absolute atomic E-state index is 12.6. The van der Waals surface area contributed by atoms with Crippen LogP contribution >= 0.6 is 0 Å². The number of nitro benzene ring substituents is 1. The van der Waals surface area contributed by atoms with Crippen molar-refractivity contribution in [3.8, 4) is 11.5 Å². The number of amides is 1. The predicted molar refractivity (Wildman–Crippen MR) is 114 cm³/mol. The minimum absolute atomic E-state index is 0.0948. The van der Waals surface area contributed by atoms with Crippen LogP contribution in [0.15, 0.2) is 66.7 Å². The molecular formula is C23H22N2O5. The van der Waals surface area contributed by atoms with Gasteiger partial charge < -0.3 is 14.8 Å². The van der Waals surface area contributed by atoms with Gasteiger partial charge in [0.1, 0.15) is 6.61 Å². The van der Waals surface area contributed by atoms with E-state index in [-0.39, 0.29) is 5.69 Å². The fourth-order valence-corrected chi connectivity index (χ4v) is 2.78. The standard InChI is InChI=1S/C23H22N2O5/c1-3-29-22-13-18(23(26)24-19-5-4-6-20(14-19)25(27)28)11-12-21(22)30-15-17-9-7-16(2)8-10-17/h4-14H,3,15H2,1-2H3,(H,24,26). The summed E-state index contributed by atoms with van der Waals surface area (Å²) in [6, 6.07) is 18.7. The number of nitrogens with one attached hydrogen (secondary N) is 1. The van der Waals surface area contributed by atoms with Gasteiger partial charge in [0.15, 0.2) is 11.5 Å². The number of nitrogens with zero attached hydrogens (tertiary/aromatic N) is 1. The molecule has 1 amide bonds. The van der Waals surface area contributed by atoms with Gasteiger partial charge in [-0.15, -0.1) is 0 Å². The molecule has 7 heteroatoms. The molecule has 0 bridgehead atoms. The third-order valence-corrected chi connectivity index (χ3v) is 4.34. The van der Waals surface area contributed by atoms with Crippen LogP contribution in [-0.4, -0.2) is 17.4 Å². The van der Waals surface area contributed by atoms with E-state index in [0.29, 0.717) is 36.0 Å². The first-order valence-electron chi connectivity index (χ1n) is 9.47. The van der Waals surface area contributed by atoms with Gasteiger partial charge in [-0.2, -0.15) is 0 Å². The molecule has 3 aromatic rings. The highest BCUT2D eigenvalue weighted by molar-refractivity contribution is 6.04. The van der Waals surface area contributed by atoms with Gasteiger partial charge in [0.05, 0.1) is 11.5 Å². The molecule has 0 aliphatic carbocycles. The molecule has 0 atom stereocenters. The van der Waals surface area contributed by atoms with Gasteiger partial charge in [-0.3, -0.25) is 14.9 Å². The first kappa shape index (κ1) is 20.9. The van der Waals surface area contributed by atoms with Gasteiger partial charge in [0, 0.05) is 23.4 Å². The van der Waals surface area contributed by atoms with Gasteiger partial charge in [0.25, 0.3) is 11.6 Å². The third kappa shape index (κ3) is 5.35. The fourth-order valence-electron chi connectivity index (χ4n) is 2.78. The van der Waals surface area contributed by atoms with Crippen molar-refractivity contribution < 1.29 is 19.2 Å². The van der Waals surface area contributed by atoms with Crippen molar-refractivity contribution in [3.05, 3.63) is 93.5 Å². The minimum Gasteiger partial charge on any atom is -0.490 e. The largest absolute Gasteiger partial charge is 0.490 e. The molecule has 1 N–H and O–H groups in total. The number of hydrogen-bond acceptors (Lipinski definition) is 5. The number of hydrogen-bond donors (Lipinski definition) is 1. The summed E-state index contributed by atoms with van der Waals surface area (Å²) in [4.78, 5) is 23.0. The third-order valence-electron chi connectivity index (χ3n) is 4.34. The molecule has 154 valence electrons. The summed E-state index contributed by atoms with van der Waals surface area (Å²) in [6.07, 6.45) is 0. The number of rotatable bonds is 8. The van der Waals surface area contributed by atoms with Crippen LogP contribution in [0.5, 0.6) is 11.5 Å². The summed E-state index contributed by atoms with van der Waals surface area (Å²) in [5.74, 6) is 0.585. The predicted octanol–water partition coefficient (Wildman–Crippen LogP) is 5.13. The summed E-state index contributed by atoms with van der Waals surface area (Å²) >= 11 is 0. The lowest BCUT2D eigenvalue weighted by molar-refractivity contribution is -0.384. The Morgan fingerprint density at radius 3 is 2.47 bits per heavy atom. The number of benzene rings is 3. The van der Waals surface area contributed by atoms with E-state index in [1.54, 1.807) is 24.3 Å². The number of nitro groups is 1. The van der Waals surface area contributed by atoms with Crippen molar-refractivity contribution >= 4 is 17.3 Å². The number of carbonyl (C=O) groups is 1. The second kappa shape index (κ2) is 9.56. The van der Waals surface area contributed by atoms with Crippen molar-refractivity contribution in [1.82, 2.24) is 0 Å². The van der Waals surface area contributed by atoms with Gasteiger partial charge >= 0.3 is 0 Å². The fraction of sp³-hybridized carbons (Fsp3) is 0.174. The van der Waals surface area contributed by atoms with Crippen LogP contribution in [0.25, 0.3) is 0 Å². The lowest BCUT2D eigenvalue weighted by Gasteiger charge is -2.14. The maximum atomic E-state index is 12.6. The number of aryl methyl sites for hydroxylation is 1. The van der Waals surface area contributed by atoms with Gasteiger partial charge in [-0.25, -0.2) is 0 Å². The Bertz CT molecular complexity index is 1050. The van der Waals surface area contributed by atoms with Crippen LogP contribution in [0.4, 0.5) is 11.4 Å². The van der Waals surface area contributed by atoms with Crippen molar-refractivity contribution in [3.63, 3.8) is 0 Å². The van der Waals surface area contributed by atoms with Crippen LogP contribution in [0.1, 0.15) is 28.4 Å². The Morgan fingerprint density at radius 1 is 1.00 bits per heavy atom. The molecule has 30 heavy (non-hydrogen) atoms. The molecular weight excluding hydrogens is 384 g/mol. The van der Waals surface area contributed by atoms with Crippen LogP contribution in [0.2, 0.25) is 0 Å². The summed E-state index contributed by atoms with van der Waals surface area (Å²) in [5, 5.41) is 13.6. The highest BCUT2D eigenvalue weighted by Crippen LogP contribution is 2.30. The molecule has 0 saturated heterocycles. The maximum Gasteiger partial charge on any atom is 0.271 e. The van der Waals surface area contributed by atoms with Crippen molar-refractivity contribution in [1.29, 1.82) is 0 Å².